The van der Waals surface area contributed by atoms with E-state index >= 15 is 0 Å². The van der Waals surface area contributed by atoms with Gasteiger partial charge < -0.3 is 10.1 Å². The van der Waals surface area contributed by atoms with Gasteiger partial charge in [-0.3, -0.25) is 4.79 Å². The molecule has 0 saturated heterocycles. The summed E-state index contributed by atoms with van der Waals surface area (Å²) in [5.41, 5.74) is 0.422. The second-order valence-electron chi connectivity index (χ2n) is 5.86. The number of nitrogens with one attached hydrogen (secondary N) is 1. The van der Waals surface area contributed by atoms with Crippen LogP contribution >= 0.6 is 0 Å². The van der Waals surface area contributed by atoms with Crippen LogP contribution in [0, 0.1) is 16.7 Å². The number of anilines is 1. The van der Waals surface area contributed by atoms with Crippen LogP contribution in [0.4, 0.5) is 5.69 Å². The van der Waals surface area contributed by atoms with Crippen LogP contribution < -0.4 is 10.1 Å². The van der Waals surface area contributed by atoms with Crippen molar-refractivity contribution >= 4 is 11.6 Å². The molecule has 1 amide bonds. The zero-order valence-corrected chi connectivity index (χ0v) is 12.8. The number of benzene rings is 1. The lowest BCUT2D eigenvalue weighted by molar-refractivity contribution is -0.123. The molecule has 0 spiro atoms. The smallest absolute Gasteiger partial charge is 0.229 e. The Kier molecular flexibility index (Phi) is 5.15. The molecule has 0 heterocycles. The minimum absolute atomic E-state index is 0.0940. The molecule has 0 aromatic heterocycles. The molecule has 108 valence electrons. The molecule has 1 aromatic rings. The van der Waals surface area contributed by atoms with Crippen LogP contribution in [0.15, 0.2) is 18.2 Å². The molecule has 0 aliphatic rings. The third-order valence-electron chi connectivity index (χ3n) is 2.95. The Balaban J connectivity index is 2.95. The number of nitriles is 1. The van der Waals surface area contributed by atoms with Gasteiger partial charge in [0.05, 0.1) is 17.4 Å². The summed E-state index contributed by atoms with van der Waals surface area (Å²) in [5, 5.41) is 12.0. The summed E-state index contributed by atoms with van der Waals surface area (Å²) in [6.45, 7) is 9.49. The highest BCUT2D eigenvalue weighted by Crippen LogP contribution is 2.25. The van der Waals surface area contributed by atoms with E-state index in [2.05, 4.69) is 11.4 Å². The fourth-order valence-corrected chi connectivity index (χ4v) is 1.42. The number of amides is 1. The monoisotopic (exact) mass is 274 g/mol. The molecular weight excluding hydrogens is 252 g/mol. The van der Waals surface area contributed by atoms with Gasteiger partial charge in [0.1, 0.15) is 11.8 Å². The second kappa shape index (κ2) is 6.42. The van der Waals surface area contributed by atoms with Gasteiger partial charge in [-0.25, -0.2) is 0 Å². The first kappa shape index (κ1) is 16.0. The number of ether oxygens (including phenoxy) is 1. The summed E-state index contributed by atoms with van der Waals surface area (Å²) in [4.78, 5) is 12.0. The third kappa shape index (κ3) is 4.27. The fourth-order valence-electron chi connectivity index (χ4n) is 1.42. The highest BCUT2D eigenvalue weighted by atomic mass is 16.5. The van der Waals surface area contributed by atoms with Crippen LogP contribution in [0.3, 0.4) is 0 Å². The van der Waals surface area contributed by atoms with Crippen molar-refractivity contribution in [2.24, 2.45) is 5.41 Å². The molecule has 0 aliphatic heterocycles. The van der Waals surface area contributed by atoms with Crippen molar-refractivity contribution in [1.29, 1.82) is 5.26 Å². The molecule has 20 heavy (non-hydrogen) atoms. The van der Waals surface area contributed by atoms with Crippen LogP contribution in [0.5, 0.6) is 5.75 Å². The van der Waals surface area contributed by atoms with Crippen molar-refractivity contribution in [2.45, 2.75) is 47.1 Å². The van der Waals surface area contributed by atoms with Gasteiger partial charge in [-0.15, -0.1) is 0 Å². The second-order valence-corrected chi connectivity index (χ2v) is 5.86. The van der Waals surface area contributed by atoms with Crippen molar-refractivity contribution in [1.82, 2.24) is 0 Å². The van der Waals surface area contributed by atoms with E-state index in [1.807, 2.05) is 34.6 Å². The van der Waals surface area contributed by atoms with E-state index < -0.39 is 5.41 Å². The Morgan fingerprint density at radius 2 is 2.10 bits per heavy atom. The number of hydrogen-bond acceptors (Lipinski definition) is 3. The Bertz CT molecular complexity index is 524. The molecule has 0 unspecified atom stereocenters. The lowest BCUT2D eigenvalue weighted by Crippen LogP contribution is -2.28. The van der Waals surface area contributed by atoms with E-state index in [1.54, 1.807) is 18.2 Å². The van der Waals surface area contributed by atoms with Crippen LogP contribution in [0.1, 0.15) is 46.6 Å². The quantitative estimate of drug-likeness (QED) is 0.910. The Labute approximate surface area is 120 Å². The predicted octanol–water partition coefficient (Wildman–Crippen LogP) is 3.72. The zero-order valence-electron chi connectivity index (χ0n) is 12.8. The first-order chi connectivity index (χ1) is 9.27. The maximum Gasteiger partial charge on any atom is 0.229 e. The normalized spacial score (nSPS) is 12.4. The lowest BCUT2D eigenvalue weighted by Gasteiger charge is -2.19. The molecule has 0 radical (unpaired) electrons. The van der Waals surface area contributed by atoms with Crippen LogP contribution in [0.25, 0.3) is 0 Å². The molecule has 0 bridgehead atoms. The van der Waals surface area contributed by atoms with E-state index in [4.69, 9.17) is 4.74 Å². The molecule has 0 fully saturated rings. The van der Waals surface area contributed by atoms with Crippen molar-refractivity contribution in [2.75, 3.05) is 5.32 Å². The average molecular weight is 274 g/mol. The number of carbonyl (C=O) groups is 1. The average Bonchev–Trinajstić information content (AvgIpc) is 2.39. The molecule has 4 heteroatoms. The van der Waals surface area contributed by atoms with Gasteiger partial charge in [-0.2, -0.15) is 5.26 Å². The van der Waals surface area contributed by atoms with Crippen molar-refractivity contribution in [3.63, 3.8) is 0 Å². The van der Waals surface area contributed by atoms with Gasteiger partial charge in [0, 0.05) is 11.5 Å². The summed E-state index contributed by atoms with van der Waals surface area (Å²) < 4.78 is 5.67. The van der Waals surface area contributed by atoms with Crippen molar-refractivity contribution < 1.29 is 9.53 Å². The summed E-state index contributed by atoms with van der Waals surface area (Å²) in [6, 6.07) is 7.22. The number of nitrogens with zero attached hydrogens (tertiary/aromatic N) is 1. The first-order valence-electron chi connectivity index (χ1n) is 6.80. The summed E-state index contributed by atoms with van der Waals surface area (Å²) in [6.07, 6.45) is 0.987. The zero-order chi connectivity index (χ0) is 15.3. The molecule has 1 aromatic carbocycles. The SMILES string of the molecule is CC[C@@H](C)Oc1ccc(NC(=O)C(C)(C)C)c(C#N)c1. The van der Waals surface area contributed by atoms with E-state index in [0.717, 1.165) is 6.42 Å². The van der Waals surface area contributed by atoms with Crippen LogP contribution in [-0.4, -0.2) is 12.0 Å². The molecule has 1 N–H and O–H groups in total. The maximum absolute atomic E-state index is 12.0. The van der Waals surface area contributed by atoms with Crippen LogP contribution in [0.2, 0.25) is 0 Å². The molecule has 4 nitrogen and oxygen atoms in total. The summed E-state index contributed by atoms with van der Waals surface area (Å²) in [7, 11) is 0. The molecule has 1 rings (SSSR count). The Morgan fingerprint density at radius 3 is 2.60 bits per heavy atom. The minimum Gasteiger partial charge on any atom is -0.491 e. The third-order valence-corrected chi connectivity index (χ3v) is 2.95. The number of rotatable bonds is 4. The maximum atomic E-state index is 12.0. The summed E-state index contributed by atoms with van der Waals surface area (Å²) >= 11 is 0. The minimum atomic E-state index is -0.501. The number of hydrogen-bond donors (Lipinski definition) is 1. The Hall–Kier alpha value is -2.02. The first-order valence-corrected chi connectivity index (χ1v) is 6.80. The van der Waals surface area contributed by atoms with Gasteiger partial charge >= 0.3 is 0 Å². The van der Waals surface area contributed by atoms with Gasteiger partial charge in [-0.1, -0.05) is 27.7 Å². The topological polar surface area (TPSA) is 62.1 Å². The standard InChI is InChI=1S/C16H22N2O2/c1-6-11(2)20-13-7-8-14(12(9-13)10-17)18-15(19)16(3,4)5/h7-9,11H,6H2,1-5H3,(H,18,19)/t11-/m1/s1. The molecular formula is C16H22N2O2. The molecule has 0 aliphatic carbocycles. The van der Waals surface area contributed by atoms with Gasteiger partial charge in [0.25, 0.3) is 0 Å². The molecule has 1 atom stereocenters. The van der Waals surface area contributed by atoms with E-state index in [0.29, 0.717) is 17.0 Å². The van der Waals surface area contributed by atoms with Crippen molar-refractivity contribution in [3.8, 4) is 11.8 Å². The van der Waals surface area contributed by atoms with Gasteiger partial charge in [0.15, 0.2) is 0 Å². The Morgan fingerprint density at radius 1 is 1.45 bits per heavy atom. The van der Waals surface area contributed by atoms with E-state index in [9.17, 15) is 10.1 Å². The fraction of sp³-hybridized carbons (Fsp3) is 0.500. The van der Waals surface area contributed by atoms with Gasteiger partial charge in [-0.05, 0) is 25.5 Å². The van der Waals surface area contributed by atoms with E-state index in [-0.39, 0.29) is 12.0 Å². The summed E-state index contributed by atoms with van der Waals surface area (Å²) in [5.74, 6) is 0.522. The number of carbonyl (C=O) groups excluding carboxylic acids is 1. The van der Waals surface area contributed by atoms with Crippen LogP contribution in [-0.2, 0) is 4.79 Å². The highest BCUT2D eigenvalue weighted by Gasteiger charge is 2.22. The lowest BCUT2D eigenvalue weighted by atomic mass is 9.95. The molecule has 0 saturated carbocycles. The van der Waals surface area contributed by atoms with E-state index in [1.165, 1.54) is 0 Å². The predicted molar refractivity (Wildman–Crippen MR) is 79.6 cm³/mol. The van der Waals surface area contributed by atoms with Crippen molar-refractivity contribution in [3.05, 3.63) is 23.8 Å². The van der Waals surface area contributed by atoms with Gasteiger partial charge in [0.2, 0.25) is 5.91 Å². The highest BCUT2D eigenvalue weighted by molar-refractivity contribution is 5.95. The largest absolute Gasteiger partial charge is 0.491 e.